The number of hydrogen-bond donors (Lipinski definition) is 2. The number of rotatable bonds is 7. The summed E-state index contributed by atoms with van der Waals surface area (Å²) in [5, 5.41) is 11.1. The van der Waals surface area contributed by atoms with Gasteiger partial charge in [-0.25, -0.2) is 8.42 Å². The van der Waals surface area contributed by atoms with Gasteiger partial charge in [-0.1, -0.05) is 32.0 Å². The second-order valence-corrected chi connectivity index (χ2v) is 6.70. The third-order valence-electron chi connectivity index (χ3n) is 3.06. The molecule has 0 saturated heterocycles. The van der Waals surface area contributed by atoms with E-state index in [1.165, 1.54) is 5.56 Å². The summed E-state index contributed by atoms with van der Waals surface area (Å²) in [5.74, 6) is 0.862. The van der Waals surface area contributed by atoms with Crippen LogP contribution in [0.5, 0.6) is 0 Å². The van der Waals surface area contributed by atoms with Crippen LogP contribution in [0, 0.1) is 0 Å². The van der Waals surface area contributed by atoms with Crippen molar-refractivity contribution >= 4 is 27.3 Å². The average Bonchev–Trinajstić information content (AvgIpc) is 2.49. The lowest BCUT2D eigenvalue weighted by Gasteiger charge is -2.10. The standard InChI is InChI=1S/C15H20N4O2S/c1-3-11-22(20,21)19-15-10-9-14(17-18-15)16-13-8-6-5-7-12(13)4-2/h5-10H,3-4,11H2,1-2H3,(H,16,17)(H,18,19). The maximum Gasteiger partial charge on any atom is 0.233 e. The van der Waals surface area contributed by atoms with Crippen LogP contribution < -0.4 is 10.0 Å². The lowest BCUT2D eigenvalue weighted by atomic mass is 10.1. The minimum Gasteiger partial charge on any atom is -0.339 e. The lowest BCUT2D eigenvalue weighted by molar-refractivity contribution is 0.599. The molecule has 2 rings (SSSR count). The van der Waals surface area contributed by atoms with Gasteiger partial charge in [-0.15, -0.1) is 10.2 Å². The van der Waals surface area contributed by atoms with Crippen LogP contribution in [-0.2, 0) is 16.4 Å². The summed E-state index contributed by atoms with van der Waals surface area (Å²) in [7, 11) is -3.34. The van der Waals surface area contributed by atoms with E-state index in [-0.39, 0.29) is 11.6 Å². The number of aryl methyl sites for hydroxylation is 1. The Balaban J connectivity index is 2.09. The van der Waals surface area contributed by atoms with Crippen LogP contribution in [0.3, 0.4) is 0 Å². The van der Waals surface area contributed by atoms with Crippen LogP contribution in [0.1, 0.15) is 25.8 Å². The molecule has 0 atom stereocenters. The number of nitrogens with zero attached hydrogens (tertiary/aromatic N) is 2. The van der Waals surface area contributed by atoms with Crippen molar-refractivity contribution in [3.63, 3.8) is 0 Å². The second-order valence-electron chi connectivity index (χ2n) is 4.86. The number of sulfonamides is 1. The van der Waals surface area contributed by atoms with E-state index >= 15 is 0 Å². The normalized spacial score (nSPS) is 11.2. The monoisotopic (exact) mass is 320 g/mol. The Kier molecular flexibility index (Phi) is 5.32. The summed E-state index contributed by atoms with van der Waals surface area (Å²) >= 11 is 0. The summed E-state index contributed by atoms with van der Waals surface area (Å²) < 4.78 is 25.7. The van der Waals surface area contributed by atoms with Crippen molar-refractivity contribution in [1.82, 2.24) is 10.2 Å². The van der Waals surface area contributed by atoms with Crippen molar-refractivity contribution in [2.45, 2.75) is 26.7 Å². The van der Waals surface area contributed by atoms with Crippen molar-refractivity contribution in [2.75, 3.05) is 15.8 Å². The number of nitrogens with one attached hydrogen (secondary N) is 2. The molecule has 6 nitrogen and oxygen atoms in total. The van der Waals surface area contributed by atoms with Gasteiger partial charge in [-0.05, 0) is 36.6 Å². The van der Waals surface area contributed by atoms with Crippen LogP contribution >= 0.6 is 0 Å². The molecular weight excluding hydrogens is 300 g/mol. The number of anilines is 3. The minimum atomic E-state index is -3.34. The van der Waals surface area contributed by atoms with Gasteiger partial charge in [0, 0.05) is 5.69 Å². The van der Waals surface area contributed by atoms with Crippen molar-refractivity contribution in [2.24, 2.45) is 0 Å². The van der Waals surface area contributed by atoms with Gasteiger partial charge in [0.15, 0.2) is 11.6 Å². The highest BCUT2D eigenvalue weighted by Crippen LogP contribution is 2.20. The summed E-state index contributed by atoms with van der Waals surface area (Å²) in [6.07, 6.45) is 1.46. The molecular formula is C15H20N4O2S. The number of benzene rings is 1. The molecule has 1 aromatic carbocycles. The largest absolute Gasteiger partial charge is 0.339 e. The van der Waals surface area contributed by atoms with E-state index in [0.29, 0.717) is 12.2 Å². The first-order valence-electron chi connectivity index (χ1n) is 7.23. The fourth-order valence-corrected chi connectivity index (χ4v) is 3.09. The molecule has 0 aliphatic heterocycles. The molecule has 0 spiro atoms. The number of aromatic nitrogens is 2. The van der Waals surface area contributed by atoms with Gasteiger partial charge in [-0.2, -0.15) is 0 Å². The molecule has 2 N–H and O–H groups in total. The van der Waals surface area contributed by atoms with Crippen molar-refractivity contribution in [1.29, 1.82) is 0 Å². The molecule has 0 amide bonds. The van der Waals surface area contributed by atoms with Gasteiger partial charge in [-0.3, -0.25) is 4.72 Å². The van der Waals surface area contributed by atoms with Gasteiger partial charge >= 0.3 is 0 Å². The SMILES string of the molecule is CCCS(=O)(=O)Nc1ccc(Nc2ccccc2CC)nn1. The van der Waals surface area contributed by atoms with Crippen LogP contribution in [0.2, 0.25) is 0 Å². The van der Waals surface area contributed by atoms with Crippen LogP contribution in [0.15, 0.2) is 36.4 Å². The van der Waals surface area contributed by atoms with E-state index in [0.717, 1.165) is 12.1 Å². The van der Waals surface area contributed by atoms with E-state index < -0.39 is 10.0 Å². The van der Waals surface area contributed by atoms with Crippen LogP contribution in [0.25, 0.3) is 0 Å². The number of para-hydroxylation sites is 1. The van der Waals surface area contributed by atoms with Gasteiger partial charge in [0.05, 0.1) is 5.75 Å². The quantitative estimate of drug-likeness (QED) is 0.819. The topological polar surface area (TPSA) is 84.0 Å². The Morgan fingerprint density at radius 1 is 1.00 bits per heavy atom. The summed E-state index contributed by atoms with van der Waals surface area (Å²) in [5.41, 5.74) is 2.15. The summed E-state index contributed by atoms with van der Waals surface area (Å²) in [6.45, 7) is 3.89. The molecule has 1 aromatic heterocycles. The van der Waals surface area contributed by atoms with Gasteiger partial charge in [0.1, 0.15) is 0 Å². The smallest absolute Gasteiger partial charge is 0.233 e. The fraction of sp³-hybridized carbons (Fsp3) is 0.333. The number of hydrogen-bond acceptors (Lipinski definition) is 5. The zero-order valence-corrected chi connectivity index (χ0v) is 13.5. The Morgan fingerprint density at radius 2 is 1.68 bits per heavy atom. The van der Waals surface area contributed by atoms with E-state index in [4.69, 9.17) is 0 Å². The molecule has 0 fully saturated rings. The van der Waals surface area contributed by atoms with E-state index in [9.17, 15) is 8.42 Å². The Labute approximate surface area is 131 Å². The predicted octanol–water partition coefficient (Wildman–Crippen LogP) is 2.93. The highest BCUT2D eigenvalue weighted by Gasteiger charge is 2.10. The first kappa shape index (κ1) is 16.2. The zero-order chi connectivity index (χ0) is 16.0. The maximum atomic E-state index is 11.7. The Hall–Kier alpha value is -2.15. The van der Waals surface area contributed by atoms with E-state index in [2.05, 4.69) is 27.2 Å². The van der Waals surface area contributed by atoms with E-state index in [1.807, 2.05) is 31.2 Å². The maximum absolute atomic E-state index is 11.7. The molecule has 0 aliphatic carbocycles. The third kappa shape index (κ3) is 4.42. The second kappa shape index (κ2) is 7.22. The molecule has 7 heteroatoms. The minimum absolute atomic E-state index is 0.0680. The Morgan fingerprint density at radius 3 is 2.32 bits per heavy atom. The highest BCUT2D eigenvalue weighted by molar-refractivity contribution is 7.92. The fourth-order valence-electron chi connectivity index (χ4n) is 2.02. The van der Waals surface area contributed by atoms with Crippen LogP contribution in [0.4, 0.5) is 17.3 Å². The lowest BCUT2D eigenvalue weighted by Crippen LogP contribution is -2.17. The van der Waals surface area contributed by atoms with Crippen molar-refractivity contribution in [3.05, 3.63) is 42.0 Å². The van der Waals surface area contributed by atoms with Gasteiger partial charge < -0.3 is 5.32 Å². The van der Waals surface area contributed by atoms with Crippen molar-refractivity contribution < 1.29 is 8.42 Å². The summed E-state index contributed by atoms with van der Waals surface area (Å²) in [6, 6.07) is 11.2. The molecule has 2 aromatic rings. The van der Waals surface area contributed by atoms with Gasteiger partial charge in [0.25, 0.3) is 0 Å². The molecule has 0 unspecified atom stereocenters. The average molecular weight is 320 g/mol. The van der Waals surface area contributed by atoms with Gasteiger partial charge in [0.2, 0.25) is 10.0 Å². The summed E-state index contributed by atoms with van der Waals surface area (Å²) in [4.78, 5) is 0. The molecule has 0 saturated carbocycles. The first-order chi connectivity index (χ1) is 10.5. The zero-order valence-electron chi connectivity index (χ0n) is 12.7. The predicted molar refractivity (Wildman–Crippen MR) is 88.8 cm³/mol. The molecule has 0 bridgehead atoms. The third-order valence-corrected chi connectivity index (χ3v) is 4.52. The molecule has 22 heavy (non-hydrogen) atoms. The first-order valence-corrected chi connectivity index (χ1v) is 8.88. The molecule has 0 aliphatic rings. The molecule has 0 radical (unpaired) electrons. The highest BCUT2D eigenvalue weighted by atomic mass is 32.2. The Bertz CT molecular complexity index is 715. The molecule has 1 heterocycles. The van der Waals surface area contributed by atoms with E-state index in [1.54, 1.807) is 12.1 Å². The van der Waals surface area contributed by atoms with Crippen LogP contribution in [-0.4, -0.2) is 24.4 Å². The van der Waals surface area contributed by atoms with Crippen molar-refractivity contribution in [3.8, 4) is 0 Å². The molecule has 118 valence electrons.